The quantitative estimate of drug-likeness (QED) is 0.704. The molecule has 1 N–H and O–H groups in total. The fourth-order valence-corrected chi connectivity index (χ4v) is 1.65. The Morgan fingerprint density at radius 2 is 2.12 bits per heavy atom. The van der Waals surface area contributed by atoms with Crippen LogP contribution in [0.4, 0.5) is 0 Å². The highest BCUT2D eigenvalue weighted by atomic mass is 16.5. The van der Waals surface area contributed by atoms with Crippen LogP contribution in [0.5, 0.6) is 0 Å². The van der Waals surface area contributed by atoms with Crippen LogP contribution in [0.1, 0.15) is 18.9 Å². The van der Waals surface area contributed by atoms with Crippen molar-refractivity contribution in [3.05, 3.63) is 16.6 Å². The third kappa shape index (κ3) is 2.59. The molecule has 8 heteroatoms. The summed E-state index contributed by atoms with van der Waals surface area (Å²) in [4.78, 5) is 22.1. The standard InChI is InChI=1S/C9H12N4O4/c14-8(15)1-4-12-9(16)13(11-10-12)7-2-5-17-6-3-7/h1,4,7H,2-3,5-6H2,(H,14,15)/b4-1+. The maximum atomic E-state index is 11.8. The van der Waals surface area contributed by atoms with E-state index in [1.54, 1.807) is 0 Å². The summed E-state index contributed by atoms with van der Waals surface area (Å²) in [6, 6.07) is -0.0248. The predicted octanol–water partition coefficient (Wildman–Crippen LogP) is -0.653. The smallest absolute Gasteiger partial charge is 0.368 e. The summed E-state index contributed by atoms with van der Waals surface area (Å²) in [6.07, 6.45) is 3.33. The first-order valence-electron chi connectivity index (χ1n) is 5.21. The third-order valence-electron chi connectivity index (χ3n) is 2.52. The number of tetrazole rings is 1. The summed E-state index contributed by atoms with van der Waals surface area (Å²) in [5, 5.41) is 15.8. The van der Waals surface area contributed by atoms with Crippen molar-refractivity contribution >= 4 is 12.2 Å². The molecule has 8 nitrogen and oxygen atoms in total. The minimum absolute atomic E-state index is 0.0248. The molecule has 92 valence electrons. The van der Waals surface area contributed by atoms with Crippen LogP contribution in [0.25, 0.3) is 6.20 Å². The normalized spacial score (nSPS) is 17.6. The summed E-state index contributed by atoms with van der Waals surface area (Å²) in [7, 11) is 0. The molecule has 1 aliphatic rings. The Bertz CT molecular complexity index is 483. The number of hydrogen-bond donors (Lipinski definition) is 1. The van der Waals surface area contributed by atoms with Gasteiger partial charge in [-0.1, -0.05) is 0 Å². The van der Waals surface area contributed by atoms with Gasteiger partial charge in [-0.25, -0.2) is 9.59 Å². The van der Waals surface area contributed by atoms with Crippen LogP contribution in [0.15, 0.2) is 10.9 Å². The number of hydrogen-bond acceptors (Lipinski definition) is 5. The number of nitrogens with zero attached hydrogens (tertiary/aromatic N) is 4. The van der Waals surface area contributed by atoms with Gasteiger partial charge in [-0.2, -0.15) is 9.36 Å². The number of aliphatic carboxylic acids is 1. The molecule has 0 unspecified atom stereocenters. The number of carbonyl (C=O) groups is 1. The van der Waals surface area contributed by atoms with E-state index in [-0.39, 0.29) is 6.04 Å². The number of aromatic nitrogens is 4. The van der Waals surface area contributed by atoms with E-state index >= 15 is 0 Å². The van der Waals surface area contributed by atoms with Crippen LogP contribution >= 0.6 is 0 Å². The van der Waals surface area contributed by atoms with E-state index in [4.69, 9.17) is 9.84 Å². The summed E-state index contributed by atoms with van der Waals surface area (Å²) in [6.45, 7) is 1.18. The molecule has 2 rings (SSSR count). The Balaban J connectivity index is 2.20. The van der Waals surface area contributed by atoms with Gasteiger partial charge < -0.3 is 9.84 Å². The highest BCUT2D eigenvalue weighted by Crippen LogP contribution is 2.17. The van der Waals surface area contributed by atoms with Crippen molar-refractivity contribution in [1.29, 1.82) is 0 Å². The first kappa shape index (κ1) is 11.5. The van der Waals surface area contributed by atoms with Gasteiger partial charge >= 0.3 is 11.7 Å². The molecule has 17 heavy (non-hydrogen) atoms. The average molecular weight is 240 g/mol. The van der Waals surface area contributed by atoms with Gasteiger partial charge in [-0.15, -0.1) is 0 Å². The minimum Gasteiger partial charge on any atom is -0.478 e. The molecule has 1 aliphatic heterocycles. The minimum atomic E-state index is -1.14. The molecule has 1 aromatic heterocycles. The molecule has 0 bridgehead atoms. The molecule has 0 amide bonds. The molecule has 0 atom stereocenters. The molecular formula is C9H12N4O4. The van der Waals surface area contributed by atoms with Crippen molar-refractivity contribution in [2.45, 2.75) is 18.9 Å². The zero-order valence-corrected chi connectivity index (χ0v) is 9.02. The molecule has 0 radical (unpaired) electrons. The first-order valence-corrected chi connectivity index (χ1v) is 5.21. The van der Waals surface area contributed by atoms with Crippen LogP contribution in [0.3, 0.4) is 0 Å². The van der Waals surface area contributed by atoms with Gasteiger partial charge in [0.2, 0.25) is 0 Å². The summed E-state index contributed by atoms with van der Waals surface area (Å²) < 4.78 is 7.36. The van der Waals surface area contributed by atoms with E-state index in [1.807, 2.05) is 0 Å². The molecular weight excluding hydrogens is 228 g/mol. The lowest BCUT2D eigenvalue weighted by atomic mass is 10.1. The second-order valence-corrected chi connectivity index (χ2v) is 3.65. The van der Waals surface area contributed by atoms with Gasteiger partial charge in [0, 0.05) is 25.5 Å². The Hall–Kier alpha value is -1.96. The van der Waals surface area contributed by atoms with E-state index in [9.17, 15) is 9.59 Å². The van der Waals surface area contributed by atoms with Crippen molar-refractivity contribution in [2.24, 2.45) is 0 Å². The lowest BCUT2D eigenvalue weighted by Gasteiger charge is -2.20. The Kier molecular flexibility index (Phi) is 3.33. The number of rotatable bonds is 3. The van der Waals surface area contributed by atoms with Crippen molar-refractivity contribution < 1.29 is 14.6 Å². The molecule has 1 aromatic rings. The molecule has 0 spiro atoms. The van der Waals surface area contributed by atoms with Gasteiger partial charge in [0.05, 0.1) is 6.04 Å². The Morgan fingerprint density at radius 3 is 2.76 bits per heavy atom. The van der Waals surface area contributed by atoms with Crippen molar-refractivity contribution in [1.82, 2.24) is 19.8 Å². The van der Waals surface area contributed by atoms with Gasteiger partial charge in [0.25, 0.3) is 0 Å². The predicted molar refractivity (Wildman–Crippen MR) is 56.3 cm³/mol. The number of ether oxygens (including phenoxy) is 1. The fourth-order valence-electron chi connectivity index (χ4n) is 1.65. The first-order chi connectivity index (χ1) is 8.18. The van der Waals surface area contributed by atoms with Crippen LogP contribution in [-0.2, 0) is 9.53 Å². The lowest BCUT2D eigenvalue weighted by molar-refractivity contribution is -0.131. The lowest BCUT2D eigenvalue weighted by Crippen LogP contribution is -2.30. The van der Waals surface area contributed by atoms with E-state index in [1.165, 1.54) is 4.68 Å². The largest absolute Gasteiger partial charge is 0.478 e. The number of carboxylic acids is 1. The van der Waals surface area contributed by atoms with E-state index < -0.39 is 11.7 Å². The van der Waals surface area contributed by atoms with Gasteiger partial charge in [-0.05, 0) is 23.3 Å². The zero-order chi connectivity index (χ0) is 12.3. The van der Waals surface area contributed by atoms with Crippen molar-refractivity contribution in [3.63, 3.8) is 0 Å². The topological polar surface area (TPSA) is 99.2 Å². The van der Waals surface area contributed by atoms with Gasteiger partial charge in [0.15, 0.2) is 0 Å². The Morgan fingerprint density at radius 1 is 1.41 bits per heavy atom. The van der Waals surface area contributed by atoms with Crippen LogP contribution < -0.4 is 5.69 Å². The van der Waals surface area contributed by atoms with Crippen molar-refractivity contribution in [2.75, 3.05) is 13.2 Å². The zero-order valence-electron chi connectivity index (χ0n) is 9.02. The monoisotopic (exact) mass is 240 g/mol. The third-order valence-corrected chi connectivity index (χ3v) is 2.52. The molecule has 0 aromatic carbocycles. The van der Waals surface area contributed by atoms with Gasteiger partial charge in [-0.3, -0.25) is 0 Å². The van der Waals surface area contributed by atoms with E-state index in [2.05, 4.69) is 10.4 Å². The average Bonchev–Trinajstić information content (AvgIpc) is 2.69. The molecule has 0 aliphatic carbocycles. The van der Waals surface area contributed by atoms with Crippen LogP contribution in [-0.4, -0.2) is 44.1 Å². The second-order valence-electron chi connectivity index (χ2n) is 3.65. The highest BCUT2D eigenvalue weighted by Gasteiger charge is 2.19. The van der Waals surface area contributed by atoms with E-state index in [0.29, 0.717) is 26.1 Å². The van der Waals surface area contributed by atoms with Crippen molar-refractivity contribution in [3.8, 4) is 0 Å². The van der Waals surface area contributed by atoms with E-state index in [0.717, 1.165) is 17.0 Å². The summed E-state index contributed by atoms with van der Waals surface area (Å²) in [5.74, 6) is -1.14. The molecule has 1 fully saturated rings. The second kappa shape index (κ2) is 4.91. The summed E-state index contributed by atoms with van der Waals surface area (Å²) in [5.41, 5.74) is -0.436. The fraction of sp³-hybridized carbons (Fsp3) is 0.556. The van der Waals surface area contributed by atoms with Crippen LogP contribution in [0, 0.1) is 0 Å². The summed E-state index contributed by atoms with van der Waals surface area (Å²) >= 11 is 0. The SMILES string of the molecule is O=C(O)/C=C/n1nnn(C2CCOCC2)c1=O. The molecule has 0 saturated carbocycles. The number of carboxylic acid groups (broad SMARTS) is 1. The van der Waals surface area contributed by atoms with Gasteiger partial charge in [0.1, 0.15) is 0 Å². The maximum absolute atomic E-state index is 11.8. The Labute approximate surface area is 96.1 Å². The highest BCUT2D eigenvalue weighted by molar-refractivity contribution is 5.82. The maximum Gasteiger partial charge on any atom is 0.368 e. The molecule has 1 saturated heterocycles. The van der Waals surface area contributed by atoms with Crippen LogP contribution in [0.2, 0.25) is 0 Å². The molecule has 2 heterocycles.